The van der Waals surface area contributed by atoms with E-state index in [1.54, 1.807) is 18.2 Å². The SMILES string of the molecule is OCC1OC1c1ccccc1O. The number of phenolic OH excluding ortho intramolecular Hbond substituents is 1. The van der Waals surface area contributed by atoms with Gasteiger partial charge in [-0.05, 0) is 6.07 Å². The van der Waals surface area contributed by atoms with Crippen molar-refractivity contribution in [2.24, 2.45) is 0 Å². The highest BCUT2D eigenvalue weighted by Crippen LogP contribution is 2.41. The van der Waals surface area contributed by atoms with Crippen LogP contribution in [0.1, 0.15) is 11.7 Å². The number of epoxide rings is 1. The minimum absolute atomic E-state index is 0.0129. The van der Waals surface area contributed by atoms with Crippen LogP contribution in [0.15, 0.2) is 24.3 Å². The molecule has 0 bridgehead atoms. The van der Waals surface area contributed by atoms with Gasteiger partial charge in [0.1, 0.15) is 18.0 Å². The maximum absolute atomic E-state index is 9.37. The van der Waals surface area contributed by atoms with Gasteiger partial charge in [0.05, 0.1) is 6.61 Å². The maximum Gasteiger partial charge on any atom is 0.121 e. The normalized spacial score (nSPS) is 27.1. The van der Waals surface area contributed by atoms with Crippen LogP contribution in [0.3, 0.4) is 0 Å². The molecule has 1 aromatic rings. The summed E-state index contributed by atoms with van der Waals surface area (Å²) < 4.78 is 5.12. The van der Waals surface area contributed by atoms with Crippen molar-refractivity contribution in [3.8, 4) is 5.75 Å². The Kier molecular flexibility index (Phi) is 1.75. The third kappa shape index (κ3) is 1.17. The van der Waals surface area contributed by atoms with Gasteiger partial charge in [0.15, 0.2) is 0 Å². The average Bonchev–Trinajstić information content (AvgIpc) is 2.84. The monoisotopic (exact) mass is 166 g/mol. The van der Waals surface area contributed by atoms with Crippen LogP contribution >= 0.6 is 0 Å². The topological polar surface area (TPSA) is 53.0 Å². The number of benzene rings is 1. The van der Waals surface area contributed by atoms with Crippen molar-refractivity contribution in [3.05, 3.63) is 29.8 Å². The summed E-state index contributed by atoms with van der Waals surface area (Å²) in [5.74, 6) is 0.235. The van der Waals surface area contributed by atoms with E-state index in [-0.39, 0.29) is 24.6 Å². The number of aliphatic hydroxyl groups is 1. The van der Waals surface area contributed by atoms with Gasteiger partial charge in [0, 0.05) is 5.56 Å². The lowest BCUT2D eigenvalue weighted by Gasteiger charge is -1.98. The van der Waals surface area contributed by atoms with Crippen molar-refractivity contribution in [3.63, 3.8) is 0 Å². The zero-order valence-electron chi connectivity index (χ0n) is 6.47. The number of hydrogen-bond acceptors (Lipinski definition) is 3. The van der Waals surface area contributed by atoms with Gasteiger partial charge in [-0.1, -0.05) is 18.2 Å². The van der Waals surface area contributed by atoms with Gasteiger partial charge < -0.3 is 14.9 Å². The van der Waals surface area contributed by atoms with Gasteiger partial charge in [0.2, 0.25) is 0 Å². The Morgan fingerprint density at radius 1 is 1.33 bits per heavy atom. The molecule has 1 heterocycles. The van der Waals surface area contributed by atoms with Crippen LogP contribution in [0.4, 0.5) is 0 Å². The second kappa shape index (κ2) is 2.77. The van der Waals surface area contributed by atoms with E-state index in [4.69, 9.17) is 9.84 Å². The van der Waals surface area contributed by atoms with E-state index in [2.05, 4.69) is 0 Å². The summed E-state index contributed by atoms with van der Waals surface area (Å²) in [6, 6.07) is 7.02. The van der Waals surface area contributed by atoms with Crippen LogP contribution in [0.5, 0.6) is 5.75 Å². The molecule has 0 spiro atoms. The molecule has 0 aromatic heterocycles. The largest absolute Gasteiger partial charge is 0.508 e. The van der Waals surface area contributed by atoms with E-state index < -0.39 is 0 Å². The van der Waals surface area contributed by atoms with Gasteiger partial charge in [-0.3, -0.25) is 0 Å². The average molecular weight is 166 g/mol. The van der Waals surface area contributed by atoms with Crippen molar-refractivity contribution in [1.29, 1.82) is 0 Å². The van der Waals surface area contributed by atoms with Gasteiger partial charge in [-0.25, -0.2) is 0 Å². The third-order valence-corrected chi connectivity index (χ3v) is 2.01. The highest BCUT2D eigenvalue weighted by Gasteiger charge is 2.40. The molecule has 2 atom stereocenters. The van der Waals surface area contributed by atoms with Crippen LogP contribution in [0, 0.1) is 0 Å². The van der Waals surface area contributed by atoms with Crippen molar-refractivity contribution < 1.29 is 14.9 Å². The van der Waals surface area contributed by atoms with E-state index in [1.165, 1.54) is 0 Å². The lowest BCUT2D eigenvalue weighted by atomic mass is 10.1. The Balaban J connectivity index is 2.19. The zero-order chi connectivity index (χ0) is 8.55. The molecule has 12 heavy (non-hydrogen) atoms. The Bertz CT molecular complexity index is 285. The molecule has 1 saturated heterocycles. The summed E-state index contributed by atoms with van der Waals surface area (Å²) in [5.41, 5.74) is 0.761. The summed E-state index contributed by atoms with van der Waals surface area (Å²) in [6.45, 7) is 0.0129. The van der Waals surface area contributed by atoms with Crippen LogP contribution < -0.4 is 0 Å². The first-order valence-corrected chi connectivity index (χ1v) is 3.87. The minimum atomic E-state index is -0.127. The van der Waals surface area contributed by atoms with Crippen molar-refractivity contribution in [2.75, 3.05) is 6.61 Å². The fourth-order valence-electron chi connectivity index (χ4n) is 1.28. The molecule has 0 radical (unpaired) electrons. The molecule has 1 aliphatic rings. The Morgan fingerprint density at radius 2 is 2.08 bits per heavy atom. The molecule has 0 aliphatic carbocycles. The van der Waals surface area contributed by atoms with E-state index >= 15 is 0 Å². The molecule has 2 rings (SSSR count). The van der Waals surface area contributed by atoms with Crippen LogP contribution in [0.2, 0.25) is 0 Å². The van der Waals surface area contributed by atoms with Gasteiger partial charge >= 0.3 is 0 Å². The highest BCUT2D eigenvalue weighted by atomic mass is 16.6. The van der Waals surface area contributed by atoms with Crippen LogP contribution in [-0.4, -0.2) is 22.9 Å². The third-order valence-electron chi connectivity index (χ3n) is 2.01. The summed E-state index contributed by atoms with van der Waals surface area (Å²) in [5, 5.41) is 18.1. The summed E-state index contributed by atoms with van der Waals surface area (Å²) in [7, 11) is 0. The number of para-hydroxylation sites is 1. The lowest BCUT2D eigenvalue weighted by molar-refractivity contribution is 0.242. The molecule has 64 valence electrons. The second-order valence-electron chi connectivity index (χ2n) is 2.84. The Hall–Kier alpha value is -1.06. The first kappa shape index (κ1) is 7.58. The number of aliphatic hydroxyl groups excluding tert-OH is 1. The molecular formula is C9H10O3. The predicted molar refractivity (Wildman–Crippen MR) is 42.8 cm³/mol. The van der Waals surface area contributed by atoms with Gasteiger partial charge in [-0.15, -0.1) is 0 Å². The molecule has 0 saturated carbocycles. The fraction of sp³-hybridized carbons (Fsp3) is 0.333. The van der Waals surface area contributed by atoms with E-state index in [0.29, 0.717) is 0 Å². The predicted octanol–water partition coefficient (Wildman–Crippen LogP) is 0.824. The first-order chi connectivity index (χ1) is 5.83. The molecular weight excluding hydrogens is 156 g/mol. The number of aromatic hydroxyl groups is 1. The smallest absolute Gasteiger partial charge is 0.121 e. The standard InChI is InChI=1S/C9H10O3/c10-5-8-9(12-8)6-3-1-2-4-7(6)11/h1-4,8-11H,5H2. The highest BCUT2D eigenvalue weighted by molar-refractivity contribution is 5.36. The number of rotatable bonds is 2. The molecule has 1 fully saturated rings. The van der Waals surface area contributed by atoms with Gasteiger partial charge in [0.25, 0.3) is 0 Å². The van der Waals surface area contributed by atoms with Gasteiger partial charge in [-0.2, -0.15) is 0 Å². The quantitative estimate of drug-likeness (QED) is 0.639. The molecule has 3 heteroatoms. The van der Waals surface area contributed by atoms with Crippen molar-refractivity contribution in [1.82, 2.24) is 0 Å². The molecule has 0 amide bonds. The summed E-state index contributed by atoms with van der Waals surface area (Å²) >= 11 is 0. The summed E-state index contributed by atoms with van der Waals surface area (Å²) in [4.78, 5) is 0. The number of phenols is 1. The molecule has 2 unspecified atom stereocenters. The maximum atomic E-state index is 9.37. The minimum Gasteiger partial charge on any atom is -0.508 e. The van der Waals surface area contributed by atoms with E-state index in [9.17, 15) is 5.11 Å². The molecule has 1 aromatic carbocycles. The van der Waals surface area contributed by atoms with Crippen LogP contribution in [-0.2, 0) is 4.74 Å². The Morgan fingerprint density at radius 3 is 2.67 bits per heavy atom. The molecule has 1 aliphatic heterocycles. The first-order valence-electron chi connectivity index (χ1n) is 3.87. The summed E-state index contributed by atoms with van der Waals surface area (Å²) in [6.07, 6.45) is -0.241. The number of ether oxygens (including phenoxy) is 1. The number of hydrogen-bond donors (Lipinski definition) is 2. The van der Waals surface area contributed by atoms with Crippen LogP contribution in [0.25, 0.3) is 0 Å². The molecule has 2 N–H and O–H groups in total. The van der Waals surface area contributed by atoms with E-state index in [1.807, 2.05) is 6.07 Å². The lowest BCUT2D eigenvalue weighted by Crippen LogP contribution is -1.94. The Labute approximate surface area is 70.2 Å². The fourth-order valence-corrected chi connectivity index (χ4v) is 1.28. The molecule has 3 nitrogen and oxygen atoms in total. The second-order valence-corrected chi connectivity index (χ2v) is 2.84. The van der Waals surface area contributed by atoms with Crippen molar-refractivity contribution in [2.45, 2.75) is 12.2 Å². The zero-order valence-corrected chi connectivity index (χ0v) is 6.47. The van der Waals surface area contributed by atoms with E-state index in [0.717, 1.165) is 5.56 Å². The van der Waals surface area contributed by atoms with Crippen molar-refractivity contribution >= 4 is 0 Å².